The SMILES string of the molecule is CCCCc1n[nH]c(=S)n1/N=C\c1ccc(OCc2c(F)cccc2Cl)c(OC)c1. The van der Waals surface area contributed by atoms with E-state index in [1.165, 1.54) is 13.2 Å². The third-order valence-electron chi connectivity index (χ3n) is 4.42. The van der Waals surface area contributed by atoms with Crippen molar-refractivity contribution < 1.29 is 13.9 Å². The van der Waals surface area contributed by atoms with Crippen molar-refractivity contribution in [2.45, 2.75) is 32.8 Å². The zero-order chi connectivity index (χ0) is 21.5. The van der Waals surface area contributed by atoms with Crippen LogP contribution in [0.2, 0.25) is 5.02 Å². The Balaban J connectivity index is 1.77. The Morgan fingerprint density at radius 1 is 1.30 bits per heavy atom. The van der Waals surface area contributed by atoms with E-state index in [0.717, 1.165) is 30.7 Å². The Labute approximate surface area is 184 Å². The van der Waals surface area contributed by atoms with Gasteiger partial charge in [0.15, 0.2) is 17.3 Å². The highest BCUT2D eigenvalue weighted by atomic mass is 35.5. The number of aromatic nitrogens is 3. The number of hydrogen-bond donors (Lipinski definition) is 1. The van der Waals surface area contributed by atoms with Gasteiger partial charge in [-0.3, -0.25) is 5.10 Å². The quantitative estimate of drug-likeness (QED) is 0.344. The van der Waals surface area contributed by atoms with Gasteiger partial charge in [-0.05, 0) is 54.5 Å². The molecule has 0 saturated carbocycles. The molecule has 0 spiro atoms. The van der Waals surface area contributed by atoms with Gasteiger partial charge in [-0.1, -0.05) is 31.0 Å². The lowest BCUT2D eigenvalue weighted by Crippen LogP contribution is -2.02. The summed E-state index contributed by atoms with van der Waals surface area (Å²) in [7, 11) is 1.54. The van der Waals surface area contributed by atoms with E-state index < -0.39 is 5.82 Å². The van der Waals surface area contributed by atoms with Crippen LogP contribution >= 0.6 is 23.8 Å². The maximum Gasteiger partial charge on any atom is 0.216 e. The second kappa shape index (κ2) is 10.4. The number of H-pyrrole nitrogens is 1. The van der Waals surface area contributed by atoms with Crippen molar-refractivity contribution in [1.29, 1.82) is 0 Å². The van der Waals surface area contributed by atoms with Gasteiger partial charge < -0.3 is 9.47 Å². The first-order chi connectivity index (χ1) is 14.5. The molecule has 0 aliphatic carbocycles. The van der Waals surface area contributed by atoms with Crippen molar-refractivity contribution in [3.05, 3.63) is 69.0 Å². The summed E-state index contributed by atoms with van der Waals surface area (Å²) in [6.45, 7) is 2.10. The van der Waals surface area contributed by atoms with Crippen molar-refractivity contribution in [3.63, 3.8) is 0 Å². The van der Waals surface area contributed by atoms with Gasteiger partial charge in [0.25, 0.3) is 0 Å². The topological polar surface area (TPSA) is 64.4 Å². The van der Waals surface area contributed by atoms with Crippen LogP contribution in [0.3, 0.4) is 0 Å². The first-order valence-electron chi connectivity index (χ1n) is 9.47. The van der Waals surface area contributed by atoms with Crippen molar-refractivity contribution in [1.82, 2.24) is 14.9 Å². The standard InChI is InChI=1S/C21H22ClFN4O2S/c1-3-4-8-20-25-26-21(30)27(20)24-12-14-9-10-18(19(11-14)28-2)29-13-15-16(22)6-5-7-17(15)23/h5-7,9-12H,3-4,8,13H2,1-2H3,(H,26,30)/b24-12-. The molecule has 0 radical (unpaired) electrons. The summed E-state index contributed by atoms with van der Waals surface area (Å²) in [5.74, 6) is 1.33. The van der Waals surface area contributed by atoms with E-state index in [0.29, 0.717) is 26.9 Å². The van der Waals surface area contributed by atoms with Crippen molar-refractivity contribution in [2.24, 2.45) is 5.10 Å². The molecule has 0 atom stereocenters. The van der Waals surface area contributed by atoms with Gasteiger partial charge in [0.2, 0.25) is 4.77 Å². The average Bonchev–Trinajstić information content (AvgIpc) is 3.10. The lowest BCUT2D eigenvalue weighted by atomic mass is 10.2. The van der Waals surface area contributed by atoms with Crippen LogP contribution in [0.1, 0.15) is 36.7 Å². The third-order valence-corrected chi connectivity index (χ3v) is 5.03. The first kappa shape index (κ1) is 22.0. The summed E-state index contributed by atoms with van der Waals surface area (Å²) < 4.78 is 27.1. The number of aromatic amines is 1. The second-order valence-corrected chi connectivity index (χ2v) is 7.30. The molecule has 0 fully saturated rings. The van der Waals surface area contributed by atoms with E-state index in [1.54, 1.807) is 35.2 Å². The molecule has 0 amide bonds. The zero-order valence-electron chi connectivity index (χ0n) is 16.7. The molecule has 0 aliphatic rings. The highest BCUT2D eigenvalue weighted by molar-refractivity contribution is 7.71. The minimum atomic E-state index is -0.416. The number of unbranched alkanes of at least 4 members (excludes halogenated alkanes) is 1. The van der Waals surface area contributed by atoms with E-state index >= 15 is 0 Å². The molecular formula is C21H22ClFN4O2S. The van der Waals surface area contributed by atoms with E-state index in [-0.39, 0.29) is 6.61 Å². The lowest BCUT2D eigenvalue weighted by Gasteiger charge is -2.12. The third kappa shape index (κ3) is 5.25. The van der Waals surface area contributed by atoms with Crippen LogP contribution in [0.5, 0.6) is 11.5 Å². The van der Waals surface area contributed by atoms with Crippen molar-refractivity contribution in [2.75, 3.05) is 7.11 Å². The maximum atomic E-state index is 13.9. The molecule has 30 heavy (non-hydrogen) atoms. The smallest absolute Gasteiger partial charge is 0.216 e. The van der Waals surface area contributed by atoms with Crippen LogP contribution < -0.4 is 9.47 Å². The highest BCUT2D eigenvalue weighted by Crippen LogP contribution is 2.29. The Hall–Kier alpha value is -2.71. The van der Waals surface area contributed by atoms with Crippen LogP contribution in [0.25, 0.3) is 0 Å². The molecule has 1 heterocycles. The molecule has 2 aromatic carbocycles. The van der Waals surface area contributed by atoms with Crippen molar-refractivity contribution in [3.8, 4) is 11.5 Å². The molecule has 1 aromatic heterocycles. The van der Waals surface area contributed by atoms with Gasteiger partial charge in [0.05, 0.1) is 18.3 Å². The van der Waals surface area contributed by atoms with Gasteiger partial charge in [-0.25, -0.2) is 4.39 Å². The second-order valence-electron chi connectivity index (χ2n) is 6.50. The summed E-state index contributed by atoms with van der Waals surface area (Å²) in [6.07, 6.45) is 4.51. The molecule has 3 aromatic rings. The highest BCUT2D eigenvalue weighted by Gasteiger charge is 2.11. The molecule has 0 bridgehead atoms. The number of nitrogens with one attached hydrogen (secondary N) is 1. The fourth-order valence-corrected chi connectivity index (χ4v) is 3.18. The van der Waals surface area contributed by atoms with Crippen LogP contribution in [-0.2, 0) is 13.0 Å². The molecule has 3 rings (SSSR count). The van der Waals surface area contributed by atoms with Crippen LogP contribution in [-0.4, -0.2) is 28.2 Å². The number of nitrogens with zero attached hydrogens (tertiary/aromatic N) is 3. The molecule has 0 saturated heterocycles. The molecule has 0 unspecified atom stereocenters. The average molecular weight is 449 g/mol. The molecule has 6 nitrogen and oxygen atoms in total. The largest absolute Gasteiger partial charge is 0.493 e. The van der Waals surface area contributed by atoms with Crippen LogP contribution in [0, 0.1) is 10.6 Å². The number of ether oxygens (including phenoxy) is 2. The first-order valence-corrected chi connectivity index (χ1v) is 10.3. The normalized spacial score (nSPS) is 11.2. The molecular weight excluding hydrogens is 427 g/mol. The minimum Gasteiger partial charge on any atom is -0.493 e. The number of methoxy groups -OCH3 is 1. The molecule has 9 heteroatoms. The molecule has 1 N–H and O–H groups in total. The van der Waals surface area contributed by atoms with Gasteiger partial charge in [-0.2, -0.15) is 14.9 Å². The number of aryl methyl sites for hydroxylation is 1. The van der Waals surface area contributed by atoms with E-state index in [4.69, 9.17) is 33.3 Å². The number of benzene rings is 2. The van der Waals surface area contributed by atoms with Crippen molar-refractivity contribution >= 4 is 30.0 Å². The van der Waals surface area contributed by atoms with Gasteiger partial charge in [-0.15, -0.1) is 0 Å². The summed E-state index contributed by atoms with van der Waals surface area (Å²) in [5.41, 5.74) is 1.08. The maximum absolute atomic E-state index is 13.9. The summed E-state index contributed by atoms with van der Waals surface area (Å²) in [4.78, 5) is 0. The monoisotopic (exact) mass is 448 g/mol. The fourth-order valence-electron chi connectivity index (χ4n) is 2.77. The molecule has 0 aliphatic heterocycles. The summed E-state index contributed by atoms with van der Waals surface area (Å²) in [5, 5.41) is 11.8. The Kier molecular flexibility index (Phi) is 7.59. The number of hydrogen-bond acceptors (Lipinski definition) is 5. The zero-order valence-corrected chi connectivity index (χ0v) is 18.3. The van der Waals surface area contributed by atoms with Gasteiger partial charge in [0.1, 0.15) is 12.4 Å². The van der Waals surface area contributed by atoms with Gasteiger partial charge in [0, 0.05) is 12.0 Å². The molecule has 158 valence electrons. The Bertz CT molecular complexity index is 1080. The van der Waals surface area contributed by atoms with Crippen LogP contribution in [0.4, 0.5) is 4.39 Å². The van der Waals surface area contributed by atoms with Crippen LogP contribution in [0.15, 0.2) is 41.5 Å². The summed E-state index contributed by atoms with van der Waals surface area (Å²) >= 11 is 11.3. The Morgan fingerprint density at radius 2 is 2.13 bits per heavy atom. The minimum absolute atomic E-state index is 0.0136. The fraction of sp³-hybridized carbons (Fsp3) is 0.286. The number of halogens is 2. The van der Waals surface area contributed by atoms with E-state index in [2.05, 4.69) is 22.2 Å². The van der Waals surface area contributed by atoms with E-state index in [1.807, 2.05) is 6.07 Å². The lowest BCUT2D eigenvalue weighted by molar-refractivity contribution is 0.280. The predicted molar refractivity (Wildman–Crippen MR) is 118 cm³/mol. The summed E-state index contributed by atoms with van der Waals surface area (Å²) in [6, 6.07) is 9.85. The van der Waals surface area contributed by atoms with E-state index in [9.17, 15) is 4.39 Å². The number of rotatable bonds is 9. The van der Waals surface area contributed by atoms with Gasteiger partial charge >= 0.3 is 0 Å². The predicted octanol–water partition coefficient (Wildman–Crippen LogP) is 5.55. The Morgan fingerprint density at radius 3 is 2.87 bits per heavy atom.